The fraction of sp³-hybridized carbons (Fsp3) is 0.231. The molecule has 3 nitrogen and oxygen atoms in total. The largest absolute Gasteiger partial charge is 1.00 e. The summed E-state index contributed by atoms with van der Waals surface area (Å²) >= 11 is 3.05. The molecule has 0 radical (unpaired) electrons. The monoisotopic (exact) mass is 376 g/mol. The first-order valence-corrected chi connectivity index (χ1v) is 5.76. The van der Waals surface area contributed by atoms with Gasteiger partial charge in [0.2, 0.25) is 0 Å². The second kappa shape index (κ2) is 12.1. The molecule has 0 aromatic heterocycles. The summed E-state index contributed by atoms with van der Waals surface area (Å²) in [4.78, 5) is 11.5. The average molecular weight is 377 g/mol. The number of aliphatic hydroxyl groups is 1. The summed E-state index contributed by atoms with van der Waals surface area (Å²) in [5, 5.41) is 9.06. The molecule has 0 spiro atoms. The first kappa shape index (κ1) is 25.5. The Balaban J connectivity index is -0.000000963. The van der Waals surface area contributed by atoms with E-state index in [1.807, 2.05) is 0 Å². The number of rotatable bonds is 4. The second-order valence-corrected chi connectivity index (χ2v) is 3.77. The van der Waals surface area contributed by atoms with Crippen LogP contribution in [-0.2, 0) is 16.7 Å². The summed E-state index contributed by atoms with van der Waals surface area (Å²) in [6.45, 7) is -0.424. The summed E-state index contributed by atoms with van der Waals surface area (Å²) < 4.78 is 30.0. The normalized spacial score (nSPS) is 8.65. The number of carbonyl (C=O) groups is 1. The van der Waals surface area contributed by atoms with Gasteiger partial charge in [0.1, 0.15) is 0 Å². The number of hydrogen-bond acceptors (Lipinski definition) is 3. The fourth-order valence-corrected chi connectivity index (χ4v) is 2.03. The van der Waals surface area contributed by atoms with Crippen molar-refractivity contribution in [3.05, 3.63) is 55.7 Å². The van der Waals surface area contributed by atoms with Gasteiger partial charge in [-0.1, -0.05) is 11.6 Å². The molecular formula is C13H16BrF2KO3-2. The zero-order valence-electron chi connectivity index (χ0n) is 12.0. The molecule has 20 heavy (non-hydrogen) atoms. The molecule has 0 unspecified atom stereocenters. The Morgan fingerprint density at radius 3 is 2.30 bits per heavy atom. The summed E-state index contributed by atoms with van der Waals surface area (Å²) in [5.41, 5.74) is 0.0551. The maximum atomic E-state index is 12.7. The van der Waals surface area contributed by atoms with E-state index in [4.69, 9.17) is 5.11 Å². The minimum atomic E-state index is -1.90. The van der Waals surface area contributed by atoms with Crippen LogP contribution in [0, 0.1) is 21.3 Å². The van der Waals surface area contributed by atoms with Gasteiger partial charge in [-0.05, 0) is 5.33 Å². The van der Waals surface area contributed by atoms with Crippen molar-refractivity contribution in [2.75, 3.05) is 7.11 Å². The molecule has 7 heteroatoms. The molecule has 0 atom stereocenters. The van der Waals surface area contributed by atoms with E-state index < -0.39 is 19.0 Å². The standard InChI is InChI=1S/C11H10BrF2O3.2CH3.K/c1-17-11(16)8-3-6(5-15)2-7(10(13)14)9(8)4-12;;;/h2-3,15H,4-5H2,1H3;2*1H3;/q3*-1;+1. The van der Waals surface area contributed by atoms with E-state index in [0.29, 0.717) is 0 Å². The molecule has 0 saturated heterocycles. The molecule has 0 aliphatic rings. The van der Waals surface area contributed by atoms with Crippen molar-refractivity contribution in [2.24, 2.45) is 0 Å². The molecule has 1 N–H and O–H groups in total. The minimum Gasteiger partial charge on any atom is -0.466 e. The number of aliphatic hydroxyl groups excluding tert-OH is 1. The van der Waals surface area contributed by atoms with E-state index in [1.165, 1.54) is 13.2 Å². The predicted octanol–water partition coefficient (Wildman–Crippen LogP) is 0.542. The Labute approximate surface area is 169 Å². The molecule has 0 aliphatic carbocycles. The zero-order valence-corrected chi connectivity index (χ0v) is 16.7. The van der Waals surface area contributed by atoms with Crippen LogP contribution in [0.4, 0.5) is 8.78 Å². The van der Waals surface area contributed by atoms with E-state index in [0.717, 1.165) is 6.07 Å². The number of hydrogen-bond donors (Lipinski definition) is 1. The van der Waals surface area contributed by atoms with Gasteiger partial charge < -0.3 is 24.7 Å². The Kier molecular flexibility index (Phi) is 15.4. The van der Waals surface area contributed by atoms with E-state index in [9.17, 15) is 13.6 Å². The number of halogens is 3. The maximum absolute atomic E-state index is 12.7. The van der Waals surface area contributed by atoms with Gasteiger partial charge in [-0.25, -0.2) is 4.79 Å². The second-order valence-electron chi connectivity index (χ2n) is 3.21. The van der Waals surface area contributed by atoms with E-state index in [1.54, 1.807) is 0 Å². The van der Waals surface area contributed by atoms with Gasteiger partial charge in [-0.15, -0.1) is 27.1 Å². The van der Waals surface area contributed by atoms with Gasteiger partial charge in [0.05, 0.1) is 13.7 Å². The average Bonchev–Trinajstić information content (AvgIpc) is 2.35. The van der Waals surface area contributed by atoms with Crippen molar-refractivity contribution in [1.82, 2.24) is 0 Å². The molecule has 0 fully saturated rings. The van der Waals surface area contributed by atoms with Crippen LogP contribution in [0.5, 0.6) is 0 Å². The van der Waals surface area contributed by atoms with Gasteiger partial charge in [-0.2, -0.15) is 6.07 Å². The Bertz CT molecular complexity index is 428. The van der Waals surface area contributed by atoms with Crippen LogP contribution in [-0.4, -0.2) is 18.2 Å². The van der Waals surface area contributed by atoms with Crippen molar-refractivity contribution < 1.29 is 74.8 Å². The van der Waals surface area contributed by atoms with Crippen LogP contribution in [0.1, 0.15) is 27.0 Å². The quantitative estimate of drug-likeness (QED) is 0.361. The Hall–Kier alpha value is 0.496. The number of ether oxygens (including phenoxy) is 1. The van der Waals surface area contributed by atoms with Gasteiger partial charge in [0, 0.05) is 5.56 Å². The maximum Gasteiger partial charge on any atom is 1.00 e. The number of esters is 1. The van der Waals surface area contributed by atoms with Gasteiger partial charge in [-0.3, -0.25) is 8.78 Å². The van der Waals surface area contributed by atoms with E-state index in [-0.39, 0.29) is 93.8 Å². The summed E-state index contributed by atoms with van der Waals surface area (Å²) in [5.74, 6) is -0.711. The molecule has 0 aliphatic heterocycles. The van der Waals surface area contributed by atoms with Gasteiger partial charge in [0.25, 0.3) is 0 Å². The summed E-state index contributed by atoms with van der Waals surface area (Å²) in [6, 6.07) is 2.49. The molecule has 0 bridgehead atoms. The minimum absolute atomic E-state index is 0. The van der Waals surface area contributed by atoms with Crippen molar-refractivity contribution >= 4 is 21.9 Å². The number of alkyl halides is 1. The van der Waals surface area contributed by atoms with Crippen molar-refractivity contribution in [2.45, 2.75) is 11.9 Å². The summed E-state index contributed by atoms with van der Waals surface area (Å²) in [6.07, 6.45) is -1.90. The SMILES string of the molecule is COC(=O)c1cc(CO)cc([C-](F)F)c1CBr.[CH3-].[CH3-].[K+]. The Morgan fingerprint density at radius 2 is 1.95 bits per heavy atom. The number of carbonyl (C=O) groups excluding carboxylic acids is 1. The Morgan fingerprint density at radius 1 is 1.40 bits per heavy atom. The van der Waals surface area contributed by atoms with Gasteiger partial charge in [0.15, 0.2) is 6.43 Å². The van der Waals surface area contributed by atoms with Gasteiger partial charge >= 0.3 is 57.4 Å². The number of methoxy groups -OCH3 is 1. The van der Waals surface area contributed by atoms with E-state index in [2.05, 4.69) is 20.7 Å². The van der Waals surface area contributed by atoms with E-state index >= 15 is 0 Å². The van der Waals surface area contributed by atoms with Crippen molar-refractivity contribution in [3.63, 3.8) is 0 Å². The molecule has 0 amide bonds. The van der Waals surface area contributed by atoms with Crippen LogP contribution in [0.15, 0.2) is 12.1 Å². The number of benzene rings is 1. The molecule has 110 valence electrons. The van der Waals surface area contributed by atoms with Crippen LogP contribution < -0.4 is 51.4 Å². The molecular weight excluding hydrogens is 361 g/mol. The fourth-order valence-electron chi connectivity index (χ4n) is 1.43. The molecule has 1 rings (SSSR count). The first-order valence-electron chi connectivity index (χ1n) is 4.64. The third-order valence-electron chi connectivity index (χ3n) is 2.23. The molecule has 0 saturated carbocycles. The first-order chi connectivity index (χ1) is 8.04. The van der Waals surface area contributed by atoms with Crippen LogP contribution in [0.2, 0.25) is 0 Å². The molecule has 1 aromatic carbocycles. The third-order valence-corrected chi connectivity index (χ3v) is 2.80. The topological polar surface area (TPSA) is 46.5 Å². The molecule has 1 aromatic rings. The van der Waals surface area contributed by atoms with Crippen LogP contribution in [0.3, 0.4) is 0 Å². The summed E-state index contributed by atoms with van der Waals surface area (Å²) in [7, 11) is 1.17. The van der Waals surface area contributed by atoms with Crippen molar-refractivity contribution in [3.8, 4) is 0 Å². The van der Waals surface area contributed by atoms with Crippen LogP contribution >= 0.6 is 15.9 Å². The molecule has 0 heterocycles. The zero-order chi connectivity index (χ0) is 13.0. The van der Waals surface area contributed by atoms with Crippen molar-refractivity contribution in [1.29, 1.82) is 0 Å². The third kappa shape index (κ3) is 6.09. The van der Waals surface area contributed by atoms with Crippen LogP contribution in [0.25, 0.3) is 0 Å². The smallest absolute Gasteiger partial charge is 0.466 e. The predicted molar refractivity (Wildman–Crippen MR) is 73.7 cm³/mol.